The van der Waals surface area contributed by atoms with E-state index in [9.17, 15) is 9.59 Å². The lowest BCUT2D eigenvalue weighted by Gasteiger charge is -2.24. The summed E-state index contributed by atoms with van der Waals surface area (Å²) in [5.74, 6) is -1.91. The topological polar surface area (TPSA) is 66.4 Å². The van der Waals surface area contributed by atoms with E-state index in [4.69, 9.17) is 5.11 Å². The highest BCUT2D eigenvalue weighted by molar-refractivity contribution is 5.84. The van der Waals surface area contributed by atoms with E-state index in [1.165, 1.54) is 0 Å². The van der Waals surface area contributed by atoms with Gasteiger partial charge in [0.05, 0.1) is 11.8 Å². The first kappa shape index (κ1) is 9.03. The maximum atomic E-state index is 11.2. The Morgan fingerprint density at radius 2 is 2.42 bits per heavy atom. The fourth-order valence-electron chi connectivity index (χ4n) is 1.44. The number of carbonyl (C=O) groups is 2. The Morgan fingerprint density at radius 1 is 1.75 bits per heavy atom. The Bertz CT molecular complexity index is 202. The van der Waals surface area contributed by atoms with E-state index in [2.05, 4.69) is 5.32 Å². The minimum absolute atomic E-state index is 0.115. The number of hydrogen-bond donors (Lipinski definition) is 2. The summed E-state index contributed by atoms with van der Waals surface area (Å²) in [6.07, 6.45) is 1.58. The predicted molar refractivity (Wildman–Crippen MR) is 42.5 cm³/mol. The average Bonchev–Trinajstić information content (AvgIpc) is 2.04. The third-order valence-corrected chi connectivity index (χ3v) is 2.32. The third kappa shape index (κ3) is 1.75. The first-order valence-electron chi connectivity index (χ1n) is 4.13. The van der Waals surface area contributed by atoms with Gasteiger partial charge in [0.2, 0.25) is 5.91 Å². The molecule has 0 aromatic carbocycles. The zero-order chi connectivity index (χ0) is 9.14. The summed E-state index contributed by atoms with van der Waals surface area (Å²) in [4.78, 5) is 21.7. The van der Waals surface area contributed by atoms with Crippen LogP contribution in [0.1, 0.15) is 19.8 Å². The molecule has 0 spiro atoms. The van der Waals surface area contributed by atoms with Gasteiger partial charge in [0, 0.05) is 6.54 Å². The van der Waals surface area contributed by atoms with Gasteiger partial charge in [-0.05, 0) is 12.8 Å². The van der Waals surface area contributed by atoms with E-state index in [1.807, 2.05) is 0 Å². The fraction of sp³-hybridized carbons (Fsp3) is 0.750. The molecule has 0 aromatic heterocycles. The molecule has 2 N–H and O–H groups in total. The van der Waals surface area contributed by atoms with E-state index >= 15 is 0 Å². The molecule has 4 heteroatoms. The summed E-state index contributed by atoms with van der Waals surface area (Å²) in [6.45, 7) is 2.26. The zero-order valence-corrected chi connectivity index (χ0v) is 7.04. The van der Waals surface area contributed by atoms with Gasteiger partial charge in [-0.25, -0.2) is 0 Å². The standard InChI is InChI=1S/C8H13NO3/c1-5(8(11)12)6-3-2-4-9-7(6)10/h5-6H,2-4H2,1H3,(H,9,10)(H,11,12). The van der Waals surface area contributed by atoms with Gasteiger partial charge in [-0.1, -0.05) is 6.92 Å². The lowest BCUT2D eigenvalue weighted by molar-refractivity contribution is -0.147. The Kier molecular flexibility index (Phi) is 2.68. The molecule has 1 amide bonds. The SMILES string of the molecule is CC(C(=O)O)C1CCCNC1=O. The molecule has 1 fully saturated rings. The first-order chi connectivity index (χ1) is 5.63. The number of amides is 1. The largest absolute Gasteiger partial charge is 0.481 e. The van der Waals surface area contributed by atoms with Gasteiger partial charge in [-0.3, -0.25) is 9.59 Å². The number of carbonyl (C=O) groups excluding carboxylic acids is 1. The number of piperidine rings is 1. The van der Waals surface area contributed by atoms with Crippen LogP contribution < -0.4 is 5.32 Å². The van der Waals surface area contributed by atoms with E-state index in [-0.39, 0.29) is 11.8 Å². The second-order valence-corrected chi connectivity index (χ2v) is 3.17. The molecular weight excluding hydrogens is 158 g/mol. The van der Waals surface area contributed by atoms with Crippen molar-refractivity contribution < 1.29 is 14.7 Å². The number of carboxylic acid groups (broad SMARTS) is 1. The van der Waals surface area contributed by atoms with Crippen molar-refractivity contribution in [3.63, 3.8) is 0 Å². The summed E-state index contributed by atoms with van der Waals surface area (Å²) >= 11 is 0. The van der Waals surface area contributed by atoms with Crippen LogP contribution in [0.15, 0.2) is 0 Å². The minimum Gasteiger partial charge on any atom is -0.481 e. The second-order valence-electron chi connectivity index (χ2n) is 3.17. The van der Waals surface area contributed by atoms with Crippen LogP contribution in [0.5, 0.6) is 0 Å². The van der Waals surface area contributed by atoms with Crippen LogP contribution in [-0.2, 0) is 9.59 Å². The van der Waals surface area contributed by atoms with Crippen LogP contribution in [-0.4, -0.2) is 23.5 Å². The highest BCUT2D eigenvalue weighted by atomic mass is 16.4. The van der Waals surface area contributed by atoms with Gasteiger partial charge in [0.15, 0.2) is 0 Å². The van der Waals surface area contributed by atoms with Gasteiger partial charge in [0.1, 0.15) is 0 Å². The molecule has 1 aliphatic rings. The van der Waals surface area contributed by atoms with E-state index in [1.54, 1.807) is 6.92 Å². The lowest BCUT2D eigenvalue weighted by atomic mass is 9.87. The number of hydrogen-bond acceptors (Lipinski definition) is 2. The highest BCUT2D eigenvalue weighted by Crippen LogP contribution is 2.20. The molecule has 12 heavy (non-hydrogen) atoms. The van der Waals surface area contributed by atoms with Gasteiger partial charge < -0.3 is 10.4 Å². The molecule has 0 aromatic rings. The van der Waals surface area contributed by atoms with E-state index in [0.29, 0.717) is 13.0 Å². The van der Waals surface area contributed by atoms with E-state index < -0.39 is 11.9 Å². The number of rotatable bonds is 2. The maximum absolute atomic E-state index is 11.2. The Labute approximate surface area is 71.0 Å². The Balaban J connectivity index is 2.59. The quantitative estimate of drug-likeness (QED) is 0.625. The van der Waals surface area contributed by atoms with Crippen molar-refractivity contribution in [2.75, 3.05) is 6.54 Å². The molecule has 1 rings (SSSR count). The summed E-state index contributed by atoms with van der Waals surface area (Å²) < 4.78 is 0. The normalized spacial score (nSPS) is 26.1. The van der Waals surface area contributed by atoms with Crippen LogP contribution in [0.4, 0.5) is 0 Å². The lowest BCUT2D eigenvalue weighted by Crippen LogP contribution is -2.41. The molecule has 1 heterocycles. The molecule has 2 unspecified atom stereocenters. The van der Waals surface area contributed by atoms with Crippen molar-refractivity contribution >= 4 is 11.9 Å². The number of aliphatic carboxylic acids is 1. The van der Waals surface area contributed by atoms with Gasteiger partial charge >= 0.3 is 5.97 Å². The fourth-order valence-corrected chi connectivity index (χ4v) is 1.44. The summed E-state index contributed by atoms with van der Waals surface area (Å²) in [6, 6.07) is 0. The molecule has 1 aliphatic heterocycles. The molecule has 0 bridgehead atoms. The molecule has 1 saturated heterocycles. The molecule has 2 atom stereocenters. The van der Waals surface area contributed by atoms with Crippen LogP contribution in [0, 0.1) is 11.8 Å². The van der Waals surface area contributed by atoms with Crippen molar-refractivity contribution in [3.05, 3.63) is 0 Å². The monoisotopic (exact) mass is 171 g/mol. The predicted octanol–water partition coefficient (Wildman–Crippen LogP) is 0.233. The molecular formula is C8H13NO3. The zero-order valence-electron chi connectivity index (χ0n) is 7.04. The van der Waals surface area contributed by atoms with Crippen LogP contribution in [0.25, 0.3) is 0 Å². The van der Waals surface area contributed by atoms with Crippen molar-refractivity contribution in [1.82, 2.24) is 5.32 Å². The van der Waals surface area contributed by atoms with Crippen molar-refractivity contribution in [2.45, 2.75) is 19.8 Å². The summed E-state index contributed by atoms with van der Waals surface area (Å²) in [5, 5.41) is 11.3. The number of nitrogens with one attached hydrogen (secondary N) is 1. The van der Waals surface area contributed by atoms with Gasteiger partial charge in [-0.15, -0.1) is 0 Å². The second kappa shape index (κ2) is 3.56. The summed E-state index contributed by atoms with van der Waals surface area (Å²) in [7, 11) is 0. The van der Waals surface area contributed by atoms with E-state index in [0.717, 1.165) is 6.42 Å². The minimum atomic E-state index is -0.892. The molecule has 68 valence electrons. The van der Waals surface area contributed by atoms with Crippen molar-refractivity contribution in [2.24, 2.45) is 11.8 Å². The first-order valence-corrected chi connectivity index (χ1v) is 4.13. The highest BCUT2D eigenvalue weighted by Gasteiger charge is 2.31. The Morgan fingerprint density at radius 3 is 2.92 bits per heavy atom. The molecule has 0 aliphatic carbocycles. The molecule has 4 nitrogen and oxygen atoms in total. The van der Waals surface area contributed by atoms with Crippen molar-refractivity contribution in [1.29, 1.82) is 0 Å². The van der Waals surface area contributed by atoms with Crippen LogP contribution >= 0.6 is 0 Å². The summed E-state index contributed by atoms with van der Waals surface area (Å²) in [5.41, 5.74) is 0. The van der Waals surface area contributed by atoms with Crippen molar-refractivity contribution in [3.8, 4) is 0 Å². The molecule has 0 saturated carbocycles. The molecule has 0 radical (unpaired) electrons. The van der Waals surface area contributed by atoms with Crippen LogP contribution in [0.3, 0.4) is 0 Å². The average molecular weight is 171 g/mol. The van der Waals surface area contributed by atoms with Gasteiger partial charge in [-0.2, -0.15) is 0 Å². The maximum Gasteiger partial charge on any atom is 0.307 e. The Hall–Kier alpha value is -1.06. The third-order valence-electron chi connectivity index (χ3n) is 2.32. The van der Waals surface area contributed by atoms with Crippen LogP contribution in [0.2, 0.25) is 0 Å². The van der Waals surface area contributed by atoms with Gasteiger partial charge in [0.25, 0.3) is 0 Å². The number of carboxylic acids is 1. The smallest absolute Gasteiger partial charge is 0.307 e.